The number of carbonyl (C=O) groups excluding carboxylic acids is 1. The van der Waals surface area contributed by atoms with Gasteiger partial charge in [-0.05, 0) is 18.2 Å². The number of allylic oxidation sites excluding steroid dienone is 3. The molecule has 0 aromatic rings. The molecule has 1 aliphatic heterocycles. The van der Waals surface area contributed by atoms with E-state index in [0.29, 0.717) is 6.42 Å². The van der Waals surface area contributed by atoms with Gasteiger partial charge in [0.1, 0.15) is 0 Å². The normalized spacial score (nSPS) is 19.2. The molecule has 0 aromatic heterocycles. The second-order valence-corrected chi connectivity index (χ2v) is 2.39. The molecule has 1 heterocycles. The van der Waals surface area contributed by atoms with Crippen LogP contribution >= 0.6 is 17.0 Å². The van der Waals surface area contributed by atoms with Crippen LogP contribution in [0.4, 0.5) is 0 Å². The Morgan fingerprint density at radius 2 is 2.33 bits per heavy atom. The van der Waals surface area contributed by atoms with E-state index < -0.39 is 0 Å². The maximum atomic E-state index is 10.9. The van der Waals surface area contributed by atoms with Crippen molar-refractivity contribution in [3.05, 3.63) is 35.8 Å². The SMILES string of the molecule is Br.O=C1C=C2C=CNOC2=CC1. The molecular weight excluding hydrogens is 222 g/mol. The summed E-state index contributed by atoms with van der Waals surface area (Å²) in [5.41, 5.74) is 3.45. The van der Waals surface area contributed by atoms with Gasteiger partial charge in [-0.2, -0.15) is 0 Å². The molecular formula is C8H8BrNO2. The lowest BCUT2D eigenvalue weighted by atomic mass is 10.0. The number of halogens is 1. The Morgan fingerprint density at radius 1 is 1.50 bits per heavy atom. The predicted molar refractivity (Wildman–Crippen MR) is 49.5 cm³/mol. The molecule has 3 nitrogen and oxygen atoms in total. The third kappa shape index (κ3) is 1.58. The highest BCUT2D eigenvalue weighted by Gasteiger charge is 2.14. The highest BCUT2D eigenvalue weighted by molar-refractivity contribution is 8.93. The fraction of sp³-hybridized carbons (Fsp3) is 0.125. The first-order valence-electron chi connectivity index (χ1n) is 3.40. The maximum Gasteiger partial charge on any atom is 0.160 e. The molecule has 0 aromatic carbocycles. The summed E-state index contributed by atoms with van der Waals surface area (Å²) >= 11 is 0. The Bertz CT molecular complexity index is 291. The average molecular weight is 230 g/mol. The lowest BCUT2D eigenvalue weighted by Crippen LogP contribution is -2.15. The molecule has 64 valence electrons. The van der Waals surface area contributed by atoms with Gasteiger partial charge in [-0.1, -0.05) is 0 Å². The highest BCUT2D eigenvalue weighted by Crippen LogP contribution is 2.20. The van der Waals surface area contributed by atoms with E-state index in [-0.39, 0.29) is 22.8 Å². The largest absolute Gasteiger partial charge is 0.382 e. The van der Waals surface area contributed by atoms with Crippen molar-refractivity contribution in [1.29, 1.82) is 0 Å². The summed E-state index contributed by atoms with van der Waals surface area (Å²) in [7, 11) is 0. The minimum atomic E-state index is 0. The van der Waals surface area contributed by atoms with Crippen LogP contribution in [0.5, 0.6) is 0 Å². The van der Waals surface area contributed by atoms with Crippen LogP contribution < -0.4 is 5.48 Å². The van der Waals surface area contributed by atoms with Gasteiger partial charge in [0.15, 0.2) is 11.5 Å². The minimum Gasteiger partial charge on any atom is -0.382 e. The number of fused-ring (bicyclic) bond motifs is 1. The summed E-state index contributed by atoms with van der Waals surface area (Å²) < 4.78 is 0. The molecule has 0 spiro atoms. The van der Waals surface area contributed by atoms with E-state index in [1.807, 2.05) is 6.08 Å². The van der Waals surface area contributed by atoms with E-state index in [4.69, 9.17) is 4.84 Å². The van der Waals surface area contributed by atoms with Crippen molar-refractivity contribution in [2.24, 2.45) is 0 Å². The van der Waals surface area contributed by atoms with Crippen LogP contribution in [0.3, 0.4) is 0 Å². The van der Waals surface area contributed by atoms with E-state index >= 15 is 0 Å². The van der Waals surface area contributed by atoms with E-state index in [2.05, 4.69) is 5.48 Å². The second kappa shape index (κ2) is 3.58. The Morgan fingerprint density at radius 3 is 3.17 bits per heavy atom. The molecule has 0 saturated heterocycles. The number of hydrogen-bond donors (Lipinski definition) is 1. The van der Waals surface area contributed by atoms with Crippen LogP contribution in [0.25, 0.3) is 0 Å². The molecule has 0 fully saturated rings. The molecule has 1 N–H and O–H groups in total. The number of hydroxylamine groups is 1. The van der Waals surface area contributed by atoms with Gasteiger partial charge in [-0.25, -0.2) is 5.48 Å². The summed E-state index contributed by atoms with van der Waals surface area (Å²) in [4.78, 5) is 15.9. The lowest BCUT2D eigenvalue weighted by Gasteiger charge is -2.16. The quantitative estimate of drug-likeness (QED) is 0.683. The smallest absolute Gasteiger partial charge is 0.160 e. The molecule has 0 bridgehead atoms. The Kier molecular flexibility index (Phi) is 2.70. The van der Waals surface area contributed by atoms with Crippen LogP contribution in [0.1, 0.15) is 6.42 Å². The molecule has 1 aliphatic carbocycles. The molecule has 0 unspecified atom stereocenters. The molecule has 0 saturated carbocycles. The number of rotatable bonds is 0. The van der Waals surface area contributed by atoms with Crippen molar-refractivity contribution in [1.82, 2.24) is 5.48 Å². The topological polar surface area (TPSA) is 38.3 Å². The average Bonchev–Trinajstić information content (AvgIpc) is 2.04. The molecule has 0 radical (unpaired) electrons. The standard InChI is InChI=1S/C8H7NO2.BrH/c10-7-1-2-8-6(5-7)3-4-9-11-8;/h2-5,9H,1H2;1H. The molecule has 2 rings (SSSR count). The maximum absolute atomic E-state index is 10.9. The van der Waals surface area contributed by atoms with Crippen LogP contribution in [0.2, 0.25) is 0 Å². The van der Waals surface area contributed by atoms with Crippen LogP contribution in [-0.2, 0) is 9.63 Å². The zero-order valence-electron chi connectivity index (χ0n) is 6.24. The van der Waals surface area contributed by atoms with E-state index in [1.54, 1.807) is 18.4 Å². The van der Waals surface area contributed by atoms with Crippen molar-refractivity contribution in [3.63, 3.8) is 0 Å². The van der Waals surface area contributed by atoms with E-state index in [0.717, 1.165) is 11.3 Å². The minimum absolute atomic E-state index is 0. The monoisotopic (exact) mass is 229 g/mol. The van der Waals surface area contributed by atoms with Crippen molar-refractivity contribution < 1.29 is 9.63 Å². The van der Waals surface area contributed by atoms with Crippen LogP contribution in [0.15, 0.2) is 35.8 Å². The van der Waals surface area contributed by atoms with Gasteiger partial charge in [0.05, 0.1) is 0 Å². The number of ketones is 1. The van der Waals surface area contributed by atoms with Gasteiger partial charge >= 0.3 is 0 Å². The molecule has 2 aliphatic rings. The summed E-state index contributed by atoms with van der Waals surface area (Å²) in [6.07, 6.45) is 7.27. The zero-order valence-corrected chi connectivity index (χ0v) is 7.95. The third-order valence-electron chi connectivity index (χ3n) is 1.59. The first-order chi connectivity index (χ1) is 5.36. The fourth-order valence-electron chi connectivity index (χ4n) is 1.07. The van der Waals surface area contributed by atoms with Gasteiger partial charge in [0.25, 0.3) is 0 Å². The second-order valence-electron chi connectivity index (χ2n) is 2.39. The van der Waals surface area contributed by atoms with E-state index in [9.17, 15) is 4.79 Å². The first kappa shape index (κ1) is 9.06. The zero-order chi connectivity index (χ0) is 7.68. The van der Waals surface area contributed by atoms with Gasteiger partial charge in [-0.15, -0.1) is 17.0 Å². The summed E-state index contributed by atoms with van der Waals surface area (Å²) in [5.74, 6) is 0.867. The van der Waals surface area contributed by atoms with Crippen molar-refractivity contribution >= 4 is 22.8 Å². The molecule has 0 amide bonds. The van der Waals surface area contributed by atoms with Crippen molar-refractivity contribution in [2.45, 2.75) is 6.42 Å². The Labute approximate surface area is 80.5 Å². The van der Waals surface area contributed by atoms with Gasteiger partial charge in [-0.3, -0.25) is 4.79 Å². The Balaban J connectivity index is 0.000000720. The first-order valence-corrected chi connectivity index (χ1v) is 3.40. The number of carbonyl (C=O) groups is 1. The van der Waals surface area contributed by atoms with Crippen molar-refractivity contribution in [3.8, 4) is 0 Å². The number of nitrogens with one attached hydrogen (secondary N) is 1. The van der Waals surface area contributed by atoms with Crippen LogP contribution in [0, 0.1) is 0 Å². The predicted octanol–water partition coefficient (Wildman–Crippen LogP) is 1.40. The van der Waals surface area contributed by atoms with Gasteiger partial charge < -0.3 is 4.84 Å². The summed E-state index contributed by atoms with van der Waals surface area (Å²) in [6.45, 7) is 0. The van der Waals surface area contributed by atoms with E-state index in [1.165, 1.54) is 0 Å². The Hall–Kier alpha value is -1.03. The molecule has 0 atom stereocenters. The lowest BCUT2D eigenvalue weighted by molar-refractivity contribution is -0.114. The molecule has 12 heavy (non-hydrogen) atoms. The highest BCUT2D eigenvalue weighted by atomic mass is 79.9. The fourth-order valence-corrected chi connectivity index (χ4v) is 1.07. The third-order valence-corrected chi connectivity index (χ3v) is 1.59. The molecule has 4 heteroatoms. The summed E-state index contributed by atoms with van der Waals surface area (Å²) in [5, 5.41) is 0. The van der Waals surface area contributed by atoms with Gasteiger partial charge in [0.2, 0.25) is 0 Å². The number of hydrogen-bond acceptors (Lipinski definition) is 3. The van der Waals surface area contributed by atoms with Crippen molar-refractivity contribution in [2.75, 3.05) is 0 Å². The summed E-state index contributed by atoms with van der Waals surface area (Å²) in [6, 6.07) is 0. The van der Waals surface area contributed by atoms with Gasteiger partial charge in [0, 0.05) is 18.2 Å². The van der Waals surface area contributed by atoms with Crippen LogP contribution in [-0.4, -0.2) is 5.78 Å².